The molecule has 0 radical (unpaired) electrons. The fourth-order valence-corrected chi connectivity index (χ4v) is 4.55. The Balaban J connectivity index is 1.95. The third kappa shape index (κ3) is 2.50. The molecule has 0 unspecified atom stereocenters. The SMILES string of the molecule is CC1=C[C@@H](C)[C@]2(CO)CO[C@@H](c3ccc(N(C)C)cc3)[C@@H]1[C@@H]2C. The van der Waals surface area contributed by atoms with Crippen molar-refractivity contribution in [1.29, 1.82) is 0 Å². The predicted molar refractivity (Wildman–Crippen MR) is 94.6 cm³/mol. The molecule has 23 heavy (non-hydrogen) atoms. The lowest BCUT2D eigenvalue weighted by Crippen LogP contribution is -2.53. The fourth-order valence-electron chi connectivity index (χ4n) is 4.55. The first-order chi connectivity index (χ1) is 10.9. The average Bonchev–Trinajstić information content (AvgIpc) is 2.53. The second-order valence-corrected chi connectivity index (χ2v) is 7.62. The maximum Gasteiger partial charge on any atom is 0.0893 e. The summed E-state index contributed by atoms with van der Waals surface area (Å²) >= 11 is 0. The molecule has 0 spiro atoms. The number of ether oxygens (including phenoxy) is 1. The second-order valence-electron chi connectivity index (χ2n) is 7.62. The summed E-state index contributed by atoms with van der Waals surface area (Å²) in [6, 6.07) is 8.68. The van der Waals surface area contributed by atoms with E-state index in [4.69, 9.17) is 4.74 Å². The van der Waals surface area contributed by atoms with Gasteiger partial charge in [-0.25, -0.2) is 0 Å². The maximum absolute atomic E-state index is 10.1. The Bertz CT molecular complexity index is 592. The number of benzene rings is 1. The number of allylic oxidation sites excluding steroid dienone is 1. The minimum absolute atomic E-state index is 0.0876. The van der Waals surface area contributed by atoms with E-state index in [2.05, 4.69) is 70.1 Å². The maximum atomic E-state index is 10.1. The van der Waals surface area contributed by atoms with E-state index < -0.39 is 0 Å². The lowest BCUT2D eigenvalue weighted by Gasteiger charge is -2.55. The number of rotatable bonds is 3. The van der Waals surface area contributed by atoms with Crippen LogP contribution in [0.15, 0.2) is 35.9 Å². The van der Waals surface area contributed by atoms with Crippen LogP contribution in [-0.4, -0.2) is 32.4 Å². The highest BCUT2D eigenvalue weighted by Gasteiger charge is 2.53. The van der Waals surface area contributed by atoms with Crippen molar-refractivity contribution in [2.24, 2.45) is 23.2 Å². The molecule has 0 amide bonds. The van der Waals surface area contributed by atoms with Crippen molar-refractivity contribution in [3.8, 4) is 0 Å². The van der Waals surface area contributed by atoms with Gasteiger partial charge in [0.15, 0.2) is 0 Å². The largest absolute Gasteiger partial charge is 0.396 e. The molecule has 1 heterocycles. The molecule has 3 nitrogen and oxygen atoms in total. The first-order valence-corrected chi connectivity index (χ1v) is 8.59. The van der Waals surface area contributed by atoms with Gasteiger partial charge in [-0.05, 0) is 36.5 Å². The van der Waals surface area contributed by atoms with Gasteiger partial charge in [0, 0.05) is 31.1 Å². The number of fused-ring (bicyclic) bond motifs is 2. The summed E-state index contributed by atoms with van der Waals surface area (Å²) in [6.07, 6.45) is 2.44. The van der Waals surface area contributed by atoms with Gasteiger partial charge in [-0.1, -0.05) is 37.6 Å². The smallest absolute Gasteiger partial charge is 0.0893 e. The van der Waals surface area contributed by atoms with Gasteiger partial charge in [0.05, 0.1) is 19.3 Å². The van der Waals surface area contributed by atoms with E-state index in [1.54, 1.807) is 0 Å². The zero-order valence-electron chi connectivity index (χ0n) is 14.9. The molecule has 2 bridgehead atoms. The number of anilines is 1. The van der Waals surface area contributed by atoms with Crippen molar-refractivity contribution in [3.05, 3.63) is 41.5 Å². The summed E-state index contributed by atoms with van der Waals surface area (Å²) in [5.74, 6) is 1.12. The molecule has 2 aliphatic rings. The second kappa shape index (κ2) is 5.95. The van der Waals surface area contributed by atoms with Crippen molar-refractivity contribution in [3.63, 3.8) is 0 Å². The van der Waals surface area contributed by atoms with Crippen LogP contribution in [0.4, 0.5) is 5.69 Å². The Labute approximate surface area is 140 Å². The topological polar surface area (TPSA) is 32.7 Å². The Morgan fingerprint density at radius 3 is 2.43 bits per heavy atom. The van der Waals surface area contributed by atoms with Crippen LogP contribution in [0.5, 0.6) is 0 Å². The van der Waals surface area contributed by atoms with Crippen molar-refractivity contribution in [1.82, 2.24) is 0 Å². The van der Waals surface area contributed by atoms with Crippen LogP contribution in [0, 0.1) is 23.2 Å². The first kappa shape index (κ1) is 16.5. The summed E-state index contributed by atoms with van der Waals surface area (Å²) < 4.78 is 6.32. The summed E-state index contributed by atoms with van der Waals surface area (Å²) in [5, 5.41) is 10.1. The molecule has 0 aromatic heterocycles. The molecule has 1 N–H and O–H groups in total. The Hall–Kier alpha value is -1.32. The quantitative estimate of drug-likeness (QED) is 0.864. The number of hydrogen-bond donors (Lipinski definition) is 1. The van der Waals surface area contributed by atoms with E-state index in [9.17, 15) is 5.11 Å². The van der Waals surface area contributed by atoms with Gasteiger partial charge >= 0.3 is 0 Å². The van der Waals surface area contributed by atoms with E-state index in [0.29, 0.717) is 24.4 Å². The Kier molecular flexibility index (Phi) is 4.28. The van der Waals surface area contributed by atoms with Gasteiger partial charge < -0.3 is 14.7 Å². The van der Waals surface area contributed by atoms with Gasteiger partial charge in [0.1, 0.15) is 0 Å². The molecule has 1 saturated heterocycles. The molecule has 1 aliphatic carbocycles. The van der Waals surface area contributed by atoms with Crippen molar-refractivity contribution >= 4 is 5.69 Å². The molecule has 126 valence electrons. The summed E-state index contributed by atoms with van der Waals surface area (Å²) in [5.41, 5.74) is 3.70. The Morgan fingerprint density at radius 2 is 1.87 bits per heavy atom. The summed E-state index contributed by atoms with van der Waals surface area (Å²) in [4.78, 5) is 2.11. The lowest BCUT2D eigenvalue weighted by atomic mass is 9.56. The van der Waals surface area contributed by atoms with E-state index in [1.165, 1.54) is 16.8 Å². The van der Waals surface area contributed by atoms with Crippen LogP contribution >= 0.6 is 0 Å². The monoisotopic (exact) mass is 315 g/mol. The van der Waals surface area contributed by atoms with Gasteiger partial charge in [-0.15, -0.1) is 0 Å². The van der Waals surface area contributed by atoms with E-state index in [1.807, 2.05) is 0 Å². The highest BCUT2D eigenvalue weighted by atomic mass is 16.5. The van der Waals surface area contributed by atoms with Crippen LogP contribution in [0.3, 0.4) is 0 Å². The third-order valence-electron chi connectivity index (χ3n) is 6.28. The van der Waals surface area contributed by atoms with Gasteiger partial charge in [-0.3, -0.25) is 0 Å². The minimum Gasteiger partial charge on any atom is -0.396 e. The first-order valence-electron chi connectivity index (χ1n) is 8.59. The Morgan fingerprint density at radius 1 is 1.22 bits per heavy atom. The highest BCUT2D eigenvalue weighted by Crippen LogP contribution is 2.55. The van der Waals surface area contributed by atoms with E-state index in [0.717, 1.165) is 0 Å². The normalized spacial score (nSPS) is 36.5. The van der Waals surface area contributed by atoms with Gasteiger partial charge in [-0.2, -0.15) is 0 Å². The zero-order chi connectivity index (χ0) is 16.8. The molecule has 1 aromatic rings. The molecule has 3 heteroatoms. The third-order valence-corrected chi connectivity index (χ3v) is 6.28. The van der Waals surface area contributed by atoms with Crippen LogP contribution in [0.2, 0.25) is 0 Å². The number of aliphatic hydroxyl groups excluding tert-OH is 1. The molecular weight excluding hydrogens is 286 g/mol. The fraction of sp³-hybridized carbons (Fsp3) is 0.600. The lowest BCUT2D eigenvalue weighted by molar-refractivity contribution is -0.165. The van der Waals surface area contributed by atoms with Crippen molar-refractivity contribution < 1.29 is 9.84 Å². The number of aliphatic hydroxyl groups is 1. The predicted octanol–water partition coefficient (Wildman–Crippen LogP) is 3.65. The molecule has 1 fully saturated rings. The number of hydrogen-bond acceptors (Lipinski definition) is 3. The van der Waals surface area contributed by atoms with Crippen LogP contribution in [0.1, 0.15) is 32.4 Å². The van der Waals surface area contributed by atoms with Crippen molar-refractivity contribution in [2.75, 3.05) is 32.2 Å². The molecule has 0 saturated carbocycles. The molecule has 1 aliphatic heterocycles. The van der Waals surface area contributed by atoms with Crippen molar-refractivity contribution in [2.45, 2.75) is 26.9 Å². The molecular formula is C20H29NO2. The molecule has 5 atom stereocenters. The van der Waals surface area contributed by atoms with Crippen LogP contribution in [0.25, 0.3) is 0 Å². The van der Waals surface area contributed by atoms with Crippen LogP contribution in [-0.2, 0) is 4.74 Å². The highest BCUT2D eigenvalue weighted by molar-refractivity contribution is 5.46. The van der Waals surface area contributed by atoms with Crippen LogP contribution < -0.4 is 4.90 Å². The molecule has 3 rings (SSSR count). The van der Waals surface area contributed by atoms with E-state index >= 15 is 0 Å². The van der Waals surface area contributed by atoms with Gasteiger partial charge in [0.25, 0.3) is 0 Å². The molecule has 1 aromatic carbocycles. The standard InChI is InChI=1S/C20H29NO2/c1-13-10-14(2)20(11-22)12-23-19(18(13)15(20)3)16-6-8-17(9-7-16)21(4)5/h6-10,14-15,18-19,22H,11-12H2,1-5H3/t14-,15+,18+,19+,20+/m1/s1. The van der Waals surface area contributed by atoms with E-state index in [-0.39, 0.29) is 18.1 Å². The minimum atomic E-state index is -0.135. The summed E-state index contributed by atoms with van der Waals surface area (Å²) in [7, 11) is 4.11. The number of nitrogens with zero attached hydrogens (tertiary/aromatic N) is 1. The van der Waals surface area contributed by atoms with Gasteiger partial charge in [0.2, 0.25) is 0 Å². The zero-order valence-corrected chi connectivity index (χ0v) is 14.9. The summed E-state index contributed by atoms with van der Waals surface area (Å²) in [6.45, 7) is 7.54. The average molecular weight is 315 g/mol.